The quantitative estimate of drug-likeness (QED) is 0.320. The van der Waals surface area contributed by atoms with Gasteiger partial charge in [-0.1, -0.05) is 60.3 Å². The van der Waals surface area contributed by atoms with Gasteiger partial charge in [-0.15, -0.1) is 10.2 Å². The highest BCUT2D eigenvalue weighted by molar-refractivity contribution is 7.99. The third-order valence-electron chi connectivity index (χ3n) is 5.38. The molecule has 0 bridgehead atoms. The maximum atomic E-state index is 12.7. The minimum Gasteiger partial charge on any atom is -0.493 e. The van der Waals surface area contributed by atoms with E-state index in [1.165, 1.54) is 11.8 Å². The van der Waals surface area contributed by atoms with E-state index in [9.17, 15) is 4.79 Å². The van der Waals surface area contributed by atoms with Crippen molar-refractivity contribution in [3.05, 3.63) is 66.7 Å². The lowest BCUT2D eigenvalue weighted by atomic mass is 10.1. The number of nitrogens with one attached hydrogen (secondary N) is 1. The third kappa shape index (κ3) is 4.05. The van der Waals surface area contributed by atoms with Crippen molar-refractivity contribution in [3.63, 3.8) is 0 Å². The number of methoxy groups -OCH3 is 1. The van der Waals surface area contributed by atoms with E-state index in [1.54, 1.807) is 7.11 Å². The number of benzene rings is 3. The molecule has 3 aromatic carbocycles. The topological polar surface area (TPSA) is 82.2 Å². The van der Waals surface area contributed by atoms with Gasteiger partial charge in [0.15, 0.2) is 22.2 Å². The number of ether oxygens (including phenoxy) is 1. The van der Waals surface area contributed by atoms with Crippen molar-refractivity contribution in [2.45, 2.75) is 18.6 Å². The molecule has 33 heavy (non-hydrogen) atoms. The van der Waals surface area contributed by atoms with Gasteiger partial charge in [-0.25, -0.2) is 0 Å². The van der Waals surface area contributed by atoms with Crippen molar-refractivity contribution in [3.8, 4) is 17.3 Å². The fourth-order valence-corrected chi connectivity index (χ4v) is 4.62. The van der Waals surface area contributed by atoms with Crippen LogP contribution in [0.25, 0.3) is 33.3 Å². The number of nitrogens with zero attached hydrogens (tertiary/aromatic N) is 3. The van der Waals surface area contributed by atoms with E-state index in [4.69, 9.17) is 9.15 Å². The van der Waals surface area contributed by atoms with Crippen LogP contribution in [0, 0.1) is 0 Å². The second-order valence-corrected chi connectivity index (χ2v) is 8.35. The highest BCUT2D eigenvalue weighted by Gasteiger charge is 2.19. The zero-order chi connectivity index (χ0) is 22.8. The van der Waals surface area contributed by atoms with E-state index < -0.39 is 0 Å². The summed E-state index contributed by atoms with van der Waals surface area (Å²) < 4.78 is 13.4. The van der Waals surface area contributed by atoms with Gasteiger partial charge in [0.1, 0.15) is 0 Å². The van der Waals surface area contributed by atoms with Crippen LogP contribution in [-0.4, -0.2) is 33.5 Å². The first-order valence-electron chi connectivity index (χ1n) is 10.6. The Balaban J connectivity index is 1.34. The van der Waals surface area contributed by atoms with E-state index >= 15 is 0 Å². The monoisotopic (exact) mass is 458 g/mol. The highest BCUT2D eigenvalue weighted by Crippen LogP contribution is 2.34. The average Bonchev–Trinajstić information content (AvgIpc) is 3.46. The SMILES string of the molecule is CCn1c(SCC(=O)Nc2cccc3ccccc23)nnc1-c1cc2cccc(OC)c2o1. The van der Waals surface area contributed by atoms with Gasteiger partial charge in [0.25, 0.3) is 0 Å². The predicted octanol–water partition coefficient (Wildman–Crippen LogP) is 5.60. The number of furan rings is 1. The highest BCUT2D eigenvalue weighted by atomic mass is 32.2. The molecule has 0 saturated carbocycles. The number of fused-ring (bicyclic) bond motifs is 2. The van der Waals surface area contributed by atoms with E-state index in [0.717, 1.165) is 21.8 Å². The maximum absolute atomic E-state index is 12.7. The molecule has 1 amide bonds. The van der Waals surface area contributed by atoms with Crippen LogP contribution in [0.4, 0.5) is 5.69 Å². The number of para-hydroxylation sites is 1. The fourth-order valence-electron chi connectivity index (χ4n) is 3.82. The molecule has 5 rings (SSSR count). The number of rotatable bonds is 7. The van der Waals surface area contributed by atoms with Gasteiger partial charge in [0, 0.05) is 23.0 Å². The summed E-state index contributed by atoms with van der Waals surface area (Å²) in [6.07, 6.45) is 0. The number of hydrogen-bond acceptors (Lipinski definition) is 6. The van der Waals surface area contributed by atoms with Gasteiger partial charge < -0.3 is 14.5 Å². The van der Waals surface area contributed by atoms with Gasteiger partial charge in [0.05, 0.1) is 12.9 Å². The van der Waals surface area contributed by atoms with Crippen molar-refractivity contribution in [1.29, 1.82) is 0 Å². The zero-order valence-electron chi connectivity index (χ0n) is 18.2. The minimum atomic E-state index is -0.1000. The fraction of sp³-hybridized carbons (Fsp3) is 0.160. The summed E-state index contributed by atoms with van der Waals surface area (Å²) in [7, 11) is 1.61. The van der Waals surface area contributed by atoms with Crippen LogP contribution in [0.5, 0.6) is 5.75 Å². The number of hydrogen-bond donors (Lipinski definition) is 1. The molecule has 5 aromatic rings. The normalized spacial score (nSPS) is 11.2. The molecule has 0 fully saturated rings. The van der Waals surface area contributed by atoms with E-state index in [2.05, 4.69) is 15.5 Å². The molecular formula is C25H22N4O3S. The lowest BCUT2D eigenvalue weighted by molar-refractivity contribution is -0.113. The van der Waals surface area contributed by atoms with Crippen molar-refractivity contribution >= 4 is 45.1 Å². The third-order valence-corrected chi connectivity index (χ3v) is 6.34. The van der Waals surface area contributed by atoms with Gasteiger partial charge in [-0.2, -0.15) is 0 Å². The Morgan fingerprint density at radius 2 is 1.85 bits per heavy atom. The second kappa shape index (κ2) is 8.99. The molecule has 0 spiro atoms. The number of amides is 1. The van der Waals surface area contributed by atoms with E-state index in [0.29, 0.717) is 34.6 Å². The largest absolute Gasteiger partial charge is 0.493 e. The number of aromatic nitrogens is 3. The molecule has 8 heteroatoms. The van der Waals surface area contributed by atoms with Crippen LogP contribution in [-0.2, 0) is 11.3 Å². The van der Waals surface area contributed by atoms with E-state index in [-0.39, 0.29) is 11.7 Å². The van der Waals surface area contributed by atoms with Crippen LogP contribution < -0.4 is 10.1 Å². The number of carbonyl (C=O) groups is 1. The molecule has 1 N–H and O–H groups in total. The molecule has 0 aliphatic carbocycles. The Morgan fingerprint density at radius 1 is 1.06 bits per heavy atom. The lowest BCUT2D eigenvalue weighted by Crippen LogP contribution is -2.15. The molecule has 0 saturated heterocycles. The Hall–Kier alpha value is -3.78. The molecule has 0 atom stereocenters. The Kier molecular flexibility index (Phi) is 5.75. The number of anilines is 1. The molecule has 2 heterocycles. The van der Waals surface area contributed by atoms with Crippen LogP contribution >= 0.6 is 11.8 Å². The minimum absolute atomic E-state index is 0.1000. The maximum Gasteiger partial charge on any atom is 0.234 e. The summed E-state index contributed by atoms with van der Waals surface area (Å²) >= 11 is 1.35. The standard InChI is InChI=1S/C25H22N4O3S/c1-3-29-24(21-14-17-10-7-13-20(31-2)23(17)32-21)27-28-25(29)33-15-22(30)26-19-12-6-9-16-8-4-5-11-18(16)19/h4-14H,3,15H2,1-2H3,(H,26,30). The van der Waals surface area contributed by atoms with Crippen LogP contribution in [0.2, 0.25) is 0 Å². The number of thioether (sulfide) groups is 1. The Labute approximate surface area is 194 Å². The van der Waals surface area contributed by atoms with Gasteiger partial charge in [-0.05, 0) is 30.5 Å². The summed E-state index contributed by atoms with van der Waals surface area (Å²) in [5.74, 6) is 2.01. The summed E-state index contributed by atoms with van der Waals surface area (Å²) in [4.78, 5) is 12.7. The summed E-state index contributed by atoms with van der Waals surface area (Å²) in [6, 6.07) is 21.5. The summed E-state index contributed by atoms with van der Waals surface area (Å²) in [6.45, 7) is 2.65. The zero-order valence-corrected chi connectivity index (χ0v) is 19.1. The van der Waals surface area contributed by atoms with Crippen molar-refractivity contribution in [2.75, 3.05) is 18.2 Å². The molecule has 0 radical (unpaired) electrons. The molecule has 0 unspecified atom stereocenters. The van der Waals surface area contributed by atoms with Gasteiger partial charge in [0.2, 0.25) is 11.7 Å². The molecule has 0 aliphatic rings. The summed E-state index contributed by atoms with van der Waals surface area (Å²) in [5, 5.41) is 15.3. The van der Waals surface area contributed by atoms with Gasteiger partial charge in [-0.3, -0.25) is 9.36 Å². The number of carbonyl (C=O) groups excluding carboxylic acids is 1. The van der Waals surface area contributed by atoms with Crippen molar-refractivity contribution < 1.29 is 13.9 Å². The molecule has 0 aliphatic heterocycles. The summed E-state index contributed by atoms with van der Waals surface area (Å²) in [5.41, 5.74) is 1.47. The van der Waals surface area contributed by atoms with Crippen molar-refractivity contribution in [1.82, 2.24) is 14.8 Å². The van der Waals surface area contributed by atoms with Crippen LogP contribution in [0.1, 0.15) is 6.92 Å². The lowest BCUT2D eigenvalue weighted by Gasteiger charge is -2.09. The predicted molar refractivity (Wildman–Crippen MR) is 131 cm³/mol. The molecule has 2 aromatic heterocycles. The van der Waals surface area contributed by atoms with Gasteiger partial charge >= 0.3 is 0 Å². The Bertz CT molecular complexity index is 1450. The first-order chi connectivity index (χ1) is 16.2. The molecular weight excluding hydrogens is 436 g/mol. The molecule has 7 nitrogen and oxygen atoms in total. The first kappa shape index (κ1) is 21.1. The van der Waals surface area contributed by atoms with E-state index in [1.807, 2.05) is 78.2 Å². The Morgan fingerprint density at radius 3 is 2.70 bits per heavy atom. The van der Waals surface area contributed by atoms with Crippen LogP contribution in [0.3, 0.4) is 0 Å². The average molecular weight is 459 g/mol. The second-order valence-electron chi connectivity index (χ2n) is 7.40. The van der Waals surface area contributed by atoms with Crippen LogP contribution in [0.15, 0.2) is 76.3 Å². The molecule has 166 valence electrons. The van der Waals surface area contributed by atoms with Crippen molar-refractivity contribution in [2.24, 2.45) is 0 Å². The smallest absolute Gasteiger partial charge is 0.234 e. The first-order valence-corrected chi connectivity index (χ1v) is 11.6.